The van der Waals surface area contributed by atoms with Crippen molar-refractivity contribution in [2.45, 2.75) is 17.9 Å². The second-order valence-electron chi connectivity index (χ2n) is 6.45. The zero-order valence-corrected chi connectivity index (χ0v) is 16.4. The van der Waals surface area contributed by atoms with Crippen molar-refractivity contribution in [2.24, 2.45) is 12.0 Å². The fraction of sp³-hybridized carbons (Fsp3) is 0.167. The van der Waals surface area contributed by atoms with Gasteiger partial charge >= 0.3 is 0 Å². The number of carbonyl (C=O) groups excluding carboxylic acids is 1. The van der Waals surface area contributed by atoms with Gasteiger partial charge in [0.15, 0.2) is 5.82 Å². The van der Waals surface area contributed by atoms with E-state index in [0.717, 1.165) is 5.56 Å². The molecule has 2 aromatic carbocycles. The quantitative estimate of drug-likeness (QED) is 0.657. The fourth-order valence-electron chi connectivity index (χ4n) is 2.94. The molecule has 1 aromatic heterocycles. The number of amidine groups is 1. The Hall–Kier alpha value is -3.60. The smallest absolute Gasteiger partial charge is 0.263 e. The highest BCUT2D eigenvalue weighted by molar-refractivity contribution is 7.90. The molecule has 1 aliphatic rings. The summed E-state index contributed by atoms with van der Waals surface area (Å²) >= 11 is 0. The van der Waals surface area contributed by atoms with E-state index in [-0.39, 0.29) is 16.6 Å². The summed E-state index contributed by atoms with van der Waals surface area (Å²) in [6.45, 7) is 1.59. The highest BCUT2D eigenvalue weighted by Crippen LogP contribution is 2.23. The fourth-order valence-corrected chi connectivity index (χ4v) is 4.18. The lowest BCUT2D eigenvalue weighted by Crippen LogP contribution is -2.28. The molecule has 148 valence electrons. The lowest BCUT2D eigenvalue weighted by Gasteiger charge is -2.10. The molecule has 11 heteroatoms. The number of anilines is 1. The van der Waals surface area contributed by atoms with E-state index >= 15 is 0 Å². The van der Waals surface area contributed by atoms with Crippen molar-refractivity contribution in [3.05, 3.63) is 54.1 Å². The molecule has 0 aliphatic carbocycles. The summed E-state index contributed by atoms with van der Waals surface area (Å²) in [5.74, 6) is 0.336. The maximum atomic E-state index is 12.6. The number of carbonyl (C=O) groups is 1. The Balaban J connectivity index is 1.54. The summed E-state index contributed by atoms with van der Waals surface area (Å²) in [4.78, 5) is 17.0. The van der Waals surface area contributed by atoms with Crippen LogP contribution in [0.4, 0.5) is 5.69 Å². The summed E-state index contributed by atoms with van der Waals surface area (Å²) in [7, 11) is -1.93. The molecule has 0 saturated carbocycles. The van der Waals surface area contributed by atoms with E-state index in [9.17, 15) is 13.2 Å². The molecule has 0 unspecified atom stereocenters. The molecule has 4 rings (SSSR count). The van der Waals surface area contributed by atoms with Gasteiger partial charge in [0.2, 0.25) is 5.91 Å². The summed E-state index contributed by atoms with van der Waals surface area (Å²) in [5, 5.41) is 14.1. The zero-order chi connectivity index (χ0) is 20.6. The number of nitrogens with zero attached hydrogens (tertiary/aromatic N) is 5. The van der Waals surface area contributed by atoms with E-state index < -0.39 is 16.1 Å². The number of aliphatic imine (C=N–C) groups is 1. The van der Waals surface area contributed by atoms with Crippen LogP contribution in [0, 0.1) is 0 Å². The molecule has 29 heavy (non-hydrogen) atoms. The number of tetrazole rings is 1. The molecule has 0 radical (unpaired) electrons. The molecule has 2 heterocycles. The SMILES string of the molecule is C[C@H](N=C1NS(=O)(=O)c2ccccc21)C(=O)Nc1cccc(-c2nnnn2C)c1. The summed E-state index contributed by atoms with van der Waals surface area (Å²) in [6, 6.07) is 12.8. The van der Waals surface area contributed by atoms with E-state index in [1.165, 1.54) is 10.7 Å². The van der Waals surface area contributed by atoms with Gasteiger partial charge in [-0.05, 0) is 41.6 Å². The van der Waals surface area contributed by atoms with Crippen LogP contribution in [0.3, 0.4) is 0 Å². The third kappa shape index (κ3) is 3.59. The Morgan fingerprint density at radius 1 is 1.21 bits per heavy atom. The predicted molar refractivity (Wildman–Crippen MR) is 106 cm³/mol. The van der Waals surface area contributed by atoms with Crippen molar-refractivity contribution >= 4 is 27.5 Å². The minimum absolute atomic E-state index is 0.149. The van der Waals surface area contributed by atoms with Gasteiger partial charge in [-0.2, -0.15) is 0 Å². The van der Waals surface area contributed by atoms with Crippen molar-refractivity contribution in [2.75, 3.05) is 5.32 Å². The van der Waals surface area contributed by atoms with Crippen molar-refractivity contribution < 1.29 is 13.2 Å². The molecule has 10 nitrogen and oxygen atoms in total. The maximum absolute atomic E-state index is 12.6. The van der Waals surface area contributed by atoms with E-state index in [4.69, 9.17) is 0 Å². The van der Waals surface area contributed by atoms with Gasteiger partial charge < -0.3 is 5.32 Å². The van der Waals surface area contributed by atoms with Crippen LogP contribution in [0.5, 0.6) is 0 Å². The molecular weight excluding hydrogens is 394 g/mol. The van der Waals surface area contributed by atoms with Gasteiger partial charge in [0, 0.05) is 23.9 Å². The number of benzene rings is 2. The average Bonchev–Trinajstić information content (AvgIpc) is 3.23. The standard InChI is InChI=1S/C18H17N7O3S/c1-11(19-16-14-8-3-4-9-15(14)29(27,28)22-16)18(26)20-13-7-5-6-12(10-13)17-21-23-24-25(17)2/h3-11H,1-2H3,(H,19,22)(H,20,26)/t11-/m0/s1. The highest BCUT2D eigenvalue weighted by Gasteiger charge is 2.31. The normalized spacial score (nSPS) is 16.8. The van der Waals surface area contributed by atoms with Crippen LogP contribution in [-0.2, 0) is 21.9 Å². The van der Waals surface area contributed by atoms with Crippen molar-refractivity contribution in [1.82, 2.24) is 24.9 Å². The molecule has 1 amide bonds. The number of aromatic nitrogens is 4. The van der Waals surface area contributed by atoms with Crippen molar-refractivity contribution in [1.29, 1.82) is 0 Å². The number of hydrogen-bond acceptors (Lipinski definition) is 7. The molecule has 2 N–H and O–H groups in total. The van der Waals surface area contributed by atoms with Crippen LogP contribution in [-0.4, -0.2) is 46.4 Å². The van der Waals surface area contributed by atoms with Crippen molar-refractivity contribution in [3.63, 3.8) is 0 Å². The molecule has 1 atom stereocenters. The first-order valence-electron chi connectivity index (χ1n) is 8.69. The number of sulfonamides is 1. The predicted octanol–water partition coefficient (Wildman–Crippen LogP) is 0.943. The molecular formula is C18H17N7O3S. The van der Waals surface area contributed by atoms with Crippen LogP contribution in [0.2, 0.25) is 0 Å². The molecule has 1 aliphatic heterocycles. The van der Waals surface area contributed by atoms with Gasteiger partial charge in [-0.1, -0.05) is 24.3 Å². The molecule has 0 saturated heterocycles. The summed E-state index contributed by atoms with van der Waals surface area (Å²) < 4.78 is 28.3. The van der Waals surface area contributed by atoms with Gasteiger partial charge in [0.05, 0.1) is 4.90 Å². The van der Waals surface area contributed by atoms with Gasteiger partial charge in [0.1, 0.15) is 11.9 Å². The summed E-state index contributed by atoms with van der Waals surface area (Å²) in [5.41, 5.74) is 1.74. The minimum atomic E-state index is -3.65. The third-order valence-electron chi connectivity index (χ3n) is 4.37. The highest BCUT2D eigenvalue weighted by atomic mass is 32.2. The Bertz CT molecular complexity index is 1230. The number of fused-ring (bicyclic) bond motifs is 1. The zero-order valence-electron chi connectivity index (χ0n) is 15.6. The lowest BCUT2D eigenvalue weighted by atomic mass is 10.2. The van der Waals surface area contributed by atoms with Gasteiger partial charge in [0.25, 0.3) is 10.0 Å². The number of nitrogens with one attached hydrogen (secondary N) is 2. The van der Waals surface area contributed by atoms with E-state index in [2.05, 4.69) is 30.6 Å². The second kappa shape index (κ2) is 7.09. The maximum Gasteiger partial charge on any atom is 0.263 e. The Kier molecular flexibility index (Phi) is 4.59. The Labute approximate surface area is 166 Å². The van der Waals surface area contributed by atoms with Crippen molar-refractivity contribution in [3.8, 4) is 11.4 Å². The minimum Gasteiger partial charge on any atom is -0.324 e. The van der Waals surface area contributed by atoms with E-state index in [0.29, 0.717) is 17.1 Å². The molecule has 3 aromatic rings. The topological polar surface area (TPSA) is 131 Å². The molecule has 0 bridgehead atoms. The number of aryl methyl sites for hydroxylation is 1. The number of hydrogen-bond donors (Lipinski definition) is 2. The van der Waals surface area contributed by atoms with Gasteiger partial charge in [-0.15, -0.1) is 5.10 Å². The number of amides is 1. The first-order valence-corrected chi connectivity index (χ1v) is 10.2. The second-order valence-corrected chi connectivity index (χ2v) is 8.10. The van der Waals surface area contributed by atoms with Crippen LogP contribution in [0.1, 0.15) is 12.5 Å². The van der Waals surface area contributed by atoms with Gasteiger partial charge in [-0.3, -0.25) is 14.5 Å². The lowest BCUT2D eigenvalue weighted by molar-refractivity contribution is -0.117. The van der Waals surface area contributed by atoms with E-state index in [1.54, 1.807) is 50.4 Å². The van der Waals surface area contributed by atoms with E-state index in [1.807, 2.05) is 6.07 Å². The monoisotopic (exact) mass is 411 g/mol. The first-order chi connectivity index (χ1) is 13.8. The van der Waals surface area contributed by atoms with Crippen LogP contribution >= 0.6 is 0 Å². The third-order valence-corrected chi connectivity index (χ3v) is 5.77. The number of rotatable bonds is 4. The average molecular weight is 411 g/mol. The van der Waals surface area contributed by atoms with Gasteiger partial charge in [-0.25, -0.2) is 13.1 Å². The van der Waals surface area contributed by atoms with Crippen LogP contribution < -0.4 is 10.0 Å². The molecule has 0 fully saturated rings. The Morgan fingerprint density at radius 2 is 2.00 bits per heavy atom. The van der Waals surface area contributed by atoms with Crippen LogP contribution in [0.15, 0.2) is 58.4 Å². The molecule has 0 spiro atoms. The summed E-state index contributed by atoms with van der Waals surface area (Å²) in [6.07, 6.45) is 0. The Morgan fingerprint density at radius 3 is 2.76 bits per heavy atom. The first kappa shape index (κ1) is 18.7. The van der Waals surface area contributed by atoms with Crippen LogP contribution in [0.25, 0.3) is 11.4 Å². The largest absolute Gasteiger partial charge is 0.324 e.